The molecular formula is C12H21N. The molecule has 0 aromatic carbocycles. The predicted octanol–water partition coefficient (Wildman–Crippen LogP) is 2.55. The zero-order valence-corrected chi connectivity index (χ0v) is 8.68. The maximum atomic E-state index is 5.99. The Kier molecular flexibility index (Phi) is 1.47. The lowest BCUT2D eigenvalue weighted by Crippen LogP contribution is -2.53. The molecule has 1 nitrogen and oxygen atoms in total. The normalized spacial score (nSPS) is 58.6. The van der Waals surface area contributed by atoms with E-state index in [2.05, 4.69) is 6.92 Å². The van der Waals surface area contributed by atoms with Crippen molar-refractivity contribution >= 4 is 0 Å². The summed E-state index contributed by atoms with van der Waals surface area (Å²) in [4.78, 5) is 0. The minimum Gasteiger partial charge on any atom is -0.330 e. The lowest BCUT2D eigenvalue weighted by atomic mass is 9.45. The van der Waals surface area contributed by atoms with Crippen molar-refractivity contribution in [2.24, 2.45) is 28.4 Å². The van der Waals surface area contributed by atoms with E-state index in [1.807, 2.05) is 0 Å². The first kappa shape index (κ1) is 8.28. The molecule has 1 heteroatoms. The monoisotopic (exact) mass is 179 g/mol. The summed E-state index contributed by atoms with van der Waals surface area (Å²) < 4.78 is 0. The van der Waals surface area contributed by atoms with Gasteiger partial charge in [-0.1, -0.05) is 6.92 Å². The minimum absolute atomic E-state index is 0.582. The Labute approximate surface area is 81.1 Å². The zero-order valence-electron chi connectivity index (χ0n) is 8.68. The highest BCUT2D eigenvalue weighted by atomic mass is 14.7. The van der Waals surface area contributed by atoms with E-state index < -0.39 is 0 Å². The van der Waals surface area contributed by atoms with Gasteiger partial charge in [-0.3, -0.25) is 0 Å². The van der Waals surface area contributed by atoms with Crippen molar-refractivity contribution in [2.45, 2.75) is 45.4 Å². The largest absolute Gasteiger partial charge is 0.330 e. The fourth-order valence-electron chi connectivity index (χ4n) is 5.17. The van der Waals surface area contributed by atoms with Crippen LogP contribution in [0.2, 0.25) is 0 Å². The van der Waals surface area contributed by atoms with Crippen molar-refractivity contribution in [3.63, 3.8) is 0 Å². The van der Waals surface area contributed by atoms with Crippen LogP contribution in [0.1, 0.15) is 45.4 Å². The fraction of sp³-hybridized carbons (Fsp3) is 1.00. The molecule has 2 N–H and O–H groups in total. The Morgan fingerprint density at radius 3 is 2.23 bits per heavy atom. The molecule has 4 fully saturated rings. The number of nitrogens with two attached hydrogens (primary N) is 1. The molecule has 4 atom stereocenters. The lowest BCUT2D eigenvalue weighted by molar-refractivity contribution is -0.0964. The van der Waals surface area contributed by atoms with E-state index in [4.69, 9.17) is 5.73 Å². The topological polar surface area (TPSA) is 26.0 Å². The van der Waals surface area contributed by atoms with Gasteiger partial charge in [0, 0.05) is 0 Å². The van der Waals surface area contributed by atoms with E-state index in [0.717, 1.165) is 18.4 Å². The molecule has 0 aromatic heterocycles. The number of hydrogen-bond donors (Lipinski definition) is 1. The molecule has 74 valence electrons. The zero-order chi connectivity index (χ0) is 9.10. The van der Waals surface area contributed by atoms with Gasteiger partial charge >= 0.3 is 0 Å². The summed E-state index contributed by atoms with van der Waals surface area (Å²) in [5.74, 6) is 2.07. The first-order valence-corrected chi connectivity index (χ1v) is 5.83. The third-order valence-corrected chi connectivity index (χ3v) is 4.91. The van der Waals surface area contributed by atoms with Gasteiger partial charge in [-0.25, -0.2) is 0 Å². The van der Waals surface area contributed by atoms with E-state index in [9.17, 15) is 0 Å². The van der Waals surface area contributed by atoms with Crippen molar-refractivity contribution < 1.29 is 0 Å². The Hall–Kier alpha value is -0.0400. The number of hydrogen-bond acceptors (Lipinski definition) is 1. The van der Waals surface area contributed by atoms with Crippen LogP contribution in [0.15, 0.2) is 0 Å². The van der Waals surface area contributed by atoms with Gasteiger partial charge in [0.2, 0.25) is 0 Å². The van der Waals surface area contributed by atoms with Gasteiger partial charge in [0.1, 0.15) is 0 Å². The van der Waals surface area contributed by atoms with E-state index in [0.29, 0.717) is 10.8 Å². The number of rotatable bonds is 1. The second-order valence-electron chi connectivity index (χ2n) is 6.48. The molecule has 4 rings (SSSR count). The van der Waals surface area contributed by atoms with E-state index in [1.165, 1.54) is 38.5 Å². The van der Waals surface area contributed by atoms with Crippen molar-refractivity contribution in [1.82, 2.24) is 0 Å². The summed E-state index contributed by atoms with van der Waals surface area (Å²) in [5, 5.41) is 0. The van der Waals surface area contributed by atoms with Crippen LogP contribution in [0, 0.1) is 22.7 Å². The molecule has 0 heterocycles. The van der Waals surface area contributed by atoms with Gasteiger partial charge < -0.3 is 5.73 Å². The predicted molar refractivity (Wildman–Crippen MR) is 54.3 cm³/mol. The summed E-state index contributed by atoms with van der Waals surface area (Å²) in [6.07, 6.45) is 8.88. The molecule has 0 radical (unpaired) electrons. The van der Waals surface area contributed by atoms with Gasteiger partial charge in [-0.2, -0.15) is 0 Å². The van der Waals surface area contributed by atoms with Gasteiger partial charge in [0.05, 0.1) is 0 Å². The summed E-state index contributed by atoms with van der Waals surface area (Å²) in [7, 11) is 0. The molecule has 0 amide bonds. The first-order valence-electron chi connectivity index (χ1n) is 5.83. The van der Waals surface area contributed by atoms with Crippen LogP contribution >= 0.6 is 0 Å². The van der Waals surface area contributed by atoms with Crippen molar-refractivity contribution in [3.05, 3.63) is 0 Å². The smallest absolute Gasteiger partial charge is 0.00201 e. The van der Waals surface area contributed by atoms with Gasteiger partial charge in [-0.15, -0.1) is 0 Å². The van der Waals surface area contributed by atoms with Crippen LogP contribution in [0.4, 0.5) is 0 Å². The van der Waals surface area contributed by atoms with Crippen LogP contribution in [-0.4, -0.2) is 6.54 Å². The minimum atomic E-state index is 0.582. The van der Waals surface area contributed by atoms with Crippen LogP contribution < -0.4 is 5.73 Å². The molecule has 2 unspecified atom stereocenters. The van der Waals surface area contributed by atoms with Crippen LogP contribution in [0.3, 0.4) is 0 Å². The third-order valence-electron chi connectivity index (χ3n) is 4.91. The Bertz CT molecular complexity index is 219. The van der Waals surface area contributed by atoms with Crippen molar-refractivity contribution in [1.29, 1.82) is 0 Å². The van der Waals surface area contributed by atoms with Crippen molar-refractivity contribution in [2.75, 3.05) is 6.54 Å². The molecule has 4 bridgehead atoms. The molecule has 13 heavy (non-hydrogen) atoms. The van der Waals surface area contributed by atoms with Gasteiger partial charge in [-0.05, 0) is 67.7 Å². The molecule has 0 aromatic rings. The van der Waals surface area contributed by atoms with E-state index in [1.54, 1.807) is 0 Å². The summed E-state index contributed by atoms with van der Waals surface area (Å²) in [6, 6.07) is 0. The highest BCUT2D eigenvalue weighted by molar-refractivity contribution is 5.06. The lowest BCUT2D eigenvalue weighted by Gasteiger charge is -2.61. The molecule has 4 aliphatic carbocycles. The van der Waals surface area contributed by atoms with E-state index >= 15 is 0 Å². The highest BCUT2D eigenvalue weighted by Gasteiger charge is 2.54. The average molecular weight is 179 g/mol. The SMILES string of the molecule is CC12C[C@H]3C[C@@H](C1)CC(CN)(C3)C2. The second-order valence-corrected chi connectivity index (χ2v) is 6.48. The molecule has 4 saturated carbocycles. The maximum Gasteiger partial charge on any atom is -0.00201 e. The second kappa shape index (κ2) is 2.31. The highest BCUT2D eigenvalue weighted by Crippen LogP contribution is 2.64. The molecule has 0 spiro atoms. The molecule has 0 aliphatic heterocycles. The standard InChI is InChI=1S/C12H21N/c1-11-3-9-2-10(4-11)6-12(5-9,7-11)8-13/h9-10H,2-8,13H2,1H3/t9-,10+,11?,12?. The Morgan fingerprint density at radius 2 is 1.77 bits per heavy atom. The molecule has 4 aliphatic rings. The molecule has 0 saturated heterocycles. The molecular weight excluding hydrogens is 158 g/mol. The Balaban J connectivity index is 1.95. The van der Waals surface area contributed by atoms with E-state index in [-0.39, 0.29) is 0 Å². The van der Waals surface area contributed by atoms with Gasteiger partial charge in [0.25, 0.3) is 0 Å². The van der Waals surface area contributed by atoms with Crippen LogP contribution in [-0.2, 0) is 0 Å². The summed E-state index contributed by atoms with van der Waals surface area (Å²) in [5.41, 5.74) is 7.25. The average Bonchev–Trinajstić information content (AvgIpc) is 1.99. The van der Waals surface area contributed by atoms with Crippen molar-refractivity contribution in [3.8, 4) is 0 Å². The summed E-state index contributed by atoms with van der Waals surface area (Å²) in [6.45, 7) is 3.46. The Morgan fingerprint density at radius 1 is 1.15 bits per heavy atom. The summed E-state index contributed by atoms with van der Waals surface area (Å²) >= 11 is 0. The van der Waals surface area contributed by atoms with Crippen LogP contribution in [0.5, 0.6) is 0 Å². The fourth-order valence-corrected chi connectivity index (χ4v) is 5.17. The van der Waals surface area contributed by atoms with Crippen LogP contribution in [0.25, 0.3) is 0 Å². The van der Waals surface area contributed by atoms with Gasteiger partial charge in [0.15, 0.2) is 0 Å². The maximum absolute atomic E-state index is 5.99. The first-order chi connectivity index (χ1) is 6.13. The quantitative estimate of drug-likeness (QED) is 0.657. The third kappa shape index (κ3) is 1.09.